The Morgan fingerprint density at radius 3 is 0.989 bits per heavy atom. The van der Waals surface area contributed by atoms with Crippen molar-refractivity contribution in [2.24, 2.45) is 17.8 Å². The molecule has 0 aliphatic rings. The predicted octanol–water partition coefficient (Wildman–Crippen LogP) is 19.8. The lowest BCUT2D eigenvalue weighted by Gasteiger charge is -2.21. The lowest BCUT2D eigenvalue weighted by atomic mass is 10.00. The van der Waals surface area contributed by atoms with Crippen LogP contribution in [-0.2, 0) is 65.4 Å². The summed E-state index contributed by atoms with van der Waals surface area (Å²) in [5.74, 6) is 0.0664. The van der Waals surface area contributed by atoms with Crippen molar-refractivity contribution in [2.45, 2.75) is 349 Å². The smallest absolute Gasteiger partial charge is 0.462 e. The molecule has 0 radical (unpaired) electrons. The summed E-state index contributed by atoms with van der Waals surface area (Å²) >= 11 is 0. The molecule has 0 saturated heterocycles. The molecule has 19 heteroatoms. The first kappa shape index (κ1) is 87.5. The Kier molecular flexibility index (Phi) is 59.7. The Hall–Kier alpha value is -2.46. The number of allylic oxidation sites excluding steroid dienone is 4. The summed E-state index contributed by atoms with van der Waals surface area (Å²) in [5, 5.41) is 10.6. The van der Waals surface area contributed by atoms with Crippen LogP contribution < -0.4 is 0 Å². The molecule has 0 bridgehead atoms. The molecule has 0 aliphatic heterocycles. The molecular weight excluding hydrogens is 1190 g/mol. The van der Waals surface area contributed by atoms with Crippen molar-refractivity contribution < 1.29 is 80.2 Å². The highest BCUT2D eigenvalue weighted by molar-refractivity contribution is 7.47. The molecule has 0 heterocycles. The number of esters is 4. The minimum atomic E-state index is -4.96. The van der Waals surface area contributed by atoms with Crippen molar-refractivity contribution in [2.75, 3.05) is 39.6 Å². The Bertz CT molecular complexity index is 1860. The highest BCUT2D eigenvalue weighted by atomic mass is 31.2. The van der Waals surface area contributed by atoms with E-state index in [9.17, 15) is 43.2 Å². The van der Waals surface area contributed by atoms with E-state index in [2.05, 4.69) is 72.8 Å². The second kappa shape index (κ2) is 61.4. The van der Waals surface area contributed by atoms with Gasteiger partial charge in [-0.25, -0.2) is 9.13 Å². The standard InChI is InChI=1S/C71H134O17P2/c1-8-11-12-13-14-15-16-17-18-19-24-27-30-40-47-54-70(75)87-66(59-82-69(74)53-46-39-33-31-36-43-50-63(6)9-2)60-85-89(77,78)83-56-65(72)57-84-90(79,80)86-61-67(88-71(76)55-48-41-34-32-37-44-51-64(7)10-3)58-81-68(73)52-45-38-29-26-23-21-20-22-25-28-35-42-49-62(4)5/h15-18,62-67,72H,8-14,19-61H2,1-7H3,(H,77,78)(H,79,80)/b16-15-,18-17-/t63?,64?,65-,66+,67+/m0/s1. The van der Waals surface area contributed by atoms with Crippen molar-refractivity contribution in [3.63, 3.8) is 0 Å². The molecule has 0 aromatic rings. The van der Waals surface area contributed by atoms with Crippen molar-refractivity contribution in [3.05, 3.63) is 24.3 Å². The number of hydrogen-bond acceptors (Lipinski definition) is 15. The zero-order valence-electron chi connectivity index (χ0n) is 58.1. The van der Waals surface area contributed by atoms with Crippen molar-refractivity contribution in [1.82, 2.24) is 0 Å². The van der Waals surface area contributed by atoms with E-state index in [-0.39, 0.29) is 25.7 Å². The van der Waals surface area contributed by atoms with Gasteiger partial charge in [0.1, 0.15) is 19.3 Å². The minimum Gasteiger partial charge on any atom is -0.462 e. The summed E-state index contributed by atoms with van der Waals surface area (Å²) < 4.78 is 68.2. The number of carbonyl (C=O) groups is 4. The molecule has 0 fully saturated rings. The number of unbranched alkanes of at least 4 members (excludes halogenated alkanes) is 30. The van der Waals surface area contributed by atoms with E-state index in [4.69, 9.17) is 37.0 Å². The first-order valence-corrected chi connectivity index (χ1v) is 39.2. The van der Waals surface area contributed by atoms with Crippen LogP contribution in [0.1, 0.15) is 331 Å². The highest BCUT2D eigenvalue weighted by Gasteiger charge is 2.30. The van der Waals surface area contributed by atoms with Gasteiger partial charge in [0.2, 0.25) is 0 Å². The third-order valence-corrected chi connectivity index (χ3v) is 18.4. The molecule has 17 nitrogen and oxygen atoms in total. The van der Waals surface area contributed by atoms with E-state index in [0.29, 0.717) is 25.7 Å². The van der Waals surface area contributed by atoms with Crippen molar-refractivity contribution >= 4 is 39.5 Å². The second-order valence-corrected chi connectivity index (χ2v) is 28.8. The molecule has 0 saturated carbocycles. The van der Waals surface area contributed by atoms with Crippen molar-refractivity contribution in [3.8, 4) is 0 Å². The van der Waals surface area contributed by atoms with Crippen LogP contribution in [0.15, 0.2) is 24.3 Å². The zero-order chi connectivity index (χ0) is 66.6. The Labute approximate surface area is 548 Å². The van der Waals surface area contributed by atoms with Gasteiger partial charge in [0, 0.05) is 25.7 Å². The fourth-order valence-electron chi connectivity index (χ4n) is 10.1. The molecule has 0 aromatic carbocycles. The average molecular weight is 1320 g/mol. The number of rotatable bonds is 67. The lowest BCUT2D eigenvalue weighted by Crippen LogP contribution is -2.30. The molecule has 0 spiro atoms. The Balaban J connectivity index is 5.27. The number of ether oxygens (including phenoxy) is 4. The van der Waals surface area contributed by atoms with Gasteiger partial charge in [0.05, 0.1) is 26.4 Å². The molecule has 0 aliphatic carbocycles. The Morgan fingerprint density at radius 2 is 0.656 bits per heavy atom. The maximum atomic E-state index is 13.0. The quantitative estimate of drug-likeness (QED) is 0.0169. The van der Waals surface area contributed by atoms with Gasteiger partial charge < -0.3 is 33.8 Å². The number of phosphoric acid groups is 2. The molecule has 0 rings (SSSR count). The van der Waals surface area contributed by atoms with E-state index >= 15 is 0 Å². The highest BCUT2D eigenvalue weighted by Crippen LogP contribution is 2.45. The minimum absolute atomic E-state index is 0.0836. The molecule has 0 amide bonds. The van der Waals surface area contributed by atoms with Crippen LogP contribution in [0.5, 0.6) is 0 Å². The number of phosphoric ester groups is 2. The third kappa shape index (κ3) is 61.7. The molecule has 530 valence electrons. The van der Waals surface area contributed by atoms with Crippen LogP contribution in [0.3, 0.4) is 0 Å². The molecule has 0 aromatic heterocycles. The summed E-state index contributed by atoms with van der Waals surface area (Å²) in [7, 11) is -9.92. The summed E-state index contributed by atoms with van der Waals surface area (Å²) in [5.41, 5.74) is 0. The molecule has 7 atom stereocenters. The van der Waals surface area contributed by atoms with Gasteiger partial charge in [-0.3, -0.25) is 37.3 Å². The normalized spacial score (nSPS) is 15.0. The van der Waals surface area contributed by atoms with Gasteiger partial charge in [-0.15, -0.1) is 0 Å². The van der Waals surface area contributed by atoms with Gasteiger partial charge in [0.15, 0.2) is 12.2 Å². The monoisotopic (exact) mass is 1320 g/mol. The van der Waals surface area contributed by atoms with Gasteiger partial charge in [-0.05, 0) is 69.1 Å². The van der Waals surface area contributed by atoms with Gasteiger partial charge in [-0.1, -0.05) is 278 Å². The molecule has 4 unspecified atom stereocenters. The fraction of sp³-hybridized carbons (Fsp3) is 0.887. The van der Waals surface area contributed by atoms with E-state index in [1.165, 1.54) is 122 Å². The van der Waals surface area contributed by atoms with Crippen LogP contribution in [-0.4, -0.2) is 96.7 Å². The van der Waals surface area contributed by atoms with Crippen LogP contribution in [0.25, 0.3) is 0 Å². The van der Waals surface area contributed by atoms with E-state index < -0.39 is 97.5 Å². The van der Waals surface area contributed by atoms with Gasteiger partial charge >= 0.3 is 39.5 Å². The molecule has 3 N–H and O–H groups in total. The summed E-state index contributed by atoms with van der Waals surface area (Å²) in [6.45, 7) is 11.7. The zero-order valence-corrected chi connectivity index (χ0v) is 59.9. The predicted molar refractivity (Wildman–Crippen MR) is 363 cm³/mol. The van der Waals surface area contributed by atoms with Crippen LogP contribution in [0.2, 0.25) is 0 Å². The summed E-state index contributed by atoms with van der Waals surface area (Å²) in [6, 6.07) is 0. The largest absolute Gasteiger partial charge is 0.472 e. The first-order chi connectivity index (χ1) is 43.3. The number of aliphatic hydroxyl groups excluding tert-OH is 1. The number of hydrogen-bond donors (Lipinski definition) is 3. The maximum absolute atomic E-state index is 13.0. The van der Waals surface area contributed by atoms with Crippen molar-refractivity contribution in [1.29, 1.82) is 0 Å². The SMILES string of the molecule is CCCCCC/C=C\C=C/CCCCCCCC(=O)O[C@H](COC(=O)CCCCCCCCC(C)CC)COP(=O)(O)OC[C@H](O)COP(=O)(O)OC[C@@H](COC(=O)CCCCCCCCCCCCCCC(C)C)OC(=O)CCCCCCCCC(C)CC. The van der Waals surface area contributed by atoms with E-state index in [1.54, 1.807) is 0 Å². The Morgan fingerprint density at radius 1 is 0.367 bits per heavy atom. The molecular formula is C71H134O17P2. The van der Waals surface area contributed by atoms with Gasteiger partial charge in [0.25, 0.3) is 0 Å². The van der Waals surface area contributed by atoms with Crippen LogP contribution >= 0.6 is 15.6 Å². The van der Waals surface area contributed by atoms with Crippen LogP contribution in [0.4, 0.5) is 0 Å². The van der Waals surface area contributed by atoms with E-state index in [0.717, 1.165) is 127 Å². The average Bonchev–Trinajstić information content (AvgIpc) is 3.52. The van der Waals surface area contributed by atoms with E-state index in [1.807, 2.05) is 0 Å². The lowest BCUT2D eigenvalue weighted by molar-refractivity contribution is -0.161. The summed E-state index contributed by atoms with van der Waals surface area (Å²) in [6.07, 6.45) is 48.1. The maximum Gasteiger partial charge on any atom is 0.472 e. The fourth-order valence-corrected chi connectivity index (χ4v) is 11.7. The third-order valence-electron chi connectivity index (χ3n) is 16.5. The first-order valence-electron chi connectivity index (χ1n) is 36.2. The summed E-state index contributed by atoms with van der Waals surface area (Å²) in [4.78, 5) is 72.5. The number of carbonyl (C=O) groups excluding carboxylic acids is 4. The topological polar surface area (TPSA) is 237 Å². The van der Waals surface area contributed by atoms with Crippen LogP contribution in [0, 0.1) is 17.8 Å². The molecule has 90 heavy (non-hydrogen) atoms. The second-order valence-electron chi connectivity index (χ2n) is 25.9. The van der Waals surface area contributed by atoms with Gasteiger partial charge in [-0.2, -0.15) is 0 Å². The number of aliphatic hydroxyl groups is 1.